The first kappa shape index (κ1) is 19.5. The van der Waals surface area contributed by atoms with Gasteiger partial charge in [0.1, 0.15) is 0 Å². The lowest BCUT2D eigenvalue weighted by Crippen LogP contribution is -2.30. The molecule has 0 spiro atoms. The number of benzene rings is 2. The molecule has 2 heterocycles. The number of nitrogens with zero attached hydrogens (tertiary/aromatic N) is 3. The first-order chi connectivity index (χ1) is 14.6. The van der Waals surface area contributed by atoms with Crippen molar-refractivity contribution < 1.29 is 23.6 Å². The minimum absolute atomic E-state index is 0.153. The summed E-state index contributed by atoms with van der Waals surface area (Å²) in [5.74, 6) is -0.814. The van der Waals surface area contributed by atoms with Crippen molar-refractivity contribution in [1.82, 2.24) is 15.0 Å². The van der Waals surface area contributed by atoms with Gasteiger partial charge in [0.25, 0.3) is 17.7 Å². The van der Waals surface area contributed by atoms with Gasteiger partial charge in [0.15, 0.2) is 6.61 Å². The predicted octanol–water partition coefficient (Wildman–Crippen LogP) is 3.49. The van der Waals surface area contributed by atoms with Gasteiger partial charge in [-0.15, -0.1) is 0 Å². The number of imide groups is 1. The molecule has 0 radical (unpaired) electrons. The fourth-order valence-electron chi connectivity index (χ4n) is 3.17. The standard InChI is InChI=1S/C22H19N3O5/c1-2-3-11-25-20(26)16-10-9-15(12-17(16)21(25)27)22(28)29-13-18-23-19(24-30-18)14-7-5-4-6-8-14/h4-10,12H,2-3,11,13H2,1H3. The summed E-state index contributed by atoms with van der Waals surface area (Å²) in [6.07, 6.45) is 1.60. The molecule has 0 unspecified atom stereocenters. The van der Waals surface area contributed by atoms with Gasteiger partial charge in [-0.3, -0.25) is 14.5 Å². The number of ether oxygens (including phenoxy) is 1. The van der Waals surface area contributed by atoms with Crippen LogP contribution in [0.1, 0.15) is 56.7 Å². The summed E-state index contributed by atoms with van der Waals surface area (Å²) in [6, 6.07) is 13.6. The van der Waals surface area contributed by atoms with Crippen LogP contribution in [0.4, 0.5) is 0 Å². The van der Waals surface area contributed by atoms with E-state index in [1.165, 1.54) is 23.1 Å². The fraction of sp³-hybridized carbons (Fsp3) is 0.227. The Hall–Kier alpha value is -3.81. The van der Waals surface area contributed by atoms with Gasteiger partial charge in [-0.1, -0.05) is 48.8 Å². The fourth-order valence-corrected chi connectivity index (χ4v) is 3.17. The molecule has 8 heteroatoms. The van der Waals surface area contributed by atoms with Crippen molar-refractivity contribution in [2.24, 2.45) is 0 Å². The SMILES string of the molecule is CCCCN1C(=O)c2ccc(C(=O)OCc3nc(-c4ccccc4)no3)cc2C1=O. The summed E-state index contributed by atoms with van der Waals surface area (Å²) in [7, 11) is 0. The maximum atomic E-state index is 12.5. The molecule has 2 aromatic carbocycles. The van der Waals surface area contributed by atoms with Crippen molar-refractivity contribution >= 4 is 17.8 Å². The normalized spacial score (nSPS) is 12.9. The van der Waals surface area contributed by atoms with E-state index < -0.39 is 5.97 Å². The maximum Gasteiger partial charge on any atom is 0.338 e. The third-order valence-corrected chi connectivity index (χ3v) is 4.77. The van der Waals surface area contributed by atoms with Crippen molar-refractivity contribution in [2.75, 3.05) is 6.54 Å². The van der Waals surface area contributed by atoms with E-state index in [9.17, 15) is 14.4 Å². The summed E-state index contributed by atoms with van der Waals surface area (Å²) >= 11 is 0. The van der Waals surface area contributed by atoms with Gasteiger partial charge in [0.05, 0.1) is 16.7 Å². The largest absolute Gasteiger partial charge is 0.452 e. The Labute approximate surface area is 172 Å². The van der Waals surface area contributed by atoms with Crippen LogP contribution in [-0.4, -0.2) is 39.4 Å². The quantitative estimate of drug-likeness (QED) is 0.438. The highest BCUT2D eigenvalue weighted by Crippen LogP contribution is 2.25. The average Bonchev–Trinajstić information content (AvgIpc) is 3.35. The molecule has 152 valence electrons. The molecule has 0 aliphatic carbocycles. The topological polar surface area (TPSA) is 103 Å². The molecule has 3 aromatic rings. The Morgan fingerprint density at radius 1 is 1.07 bits per heavy atom. The Morgan fingerprint density at radius 3 is 2.60 bits per heavy atom. The minimum Gasteiger partial charge on any atom is -0.452 e. The Morgan fingerprint density at radius 2 is 1.83 bits per heavy atom. The summed E-state index contributed by atoms with van der Waals surface area (Å²) in [5.41, 5.74) is 1.48. The Balaban J connectivity index is 1.43. The zero-order valence-corrected chi connectivity index (χ0v) is 16.3. The van der Waals surface area contributed by atoms with Crippen molar-refractivity contribution in [3.05, 3.63) is 71.1 Å². The molecule has 0 fully saturated rings. The van der Waals surface area contributed by atoms with Crippen LogP contribution in [0.2, 0.25) is 0 Å². The van der Waals surface area contributed by atoms with Crippen LogP contribution in [0.25, 0.3) is 11.4 Å². The van der Waals surface area contributed by atoms with Crippen molar-refractivity contribution in [1.29, 1.82) is 0 Å². The molecule has 0 N–H and O–H groups in total. The highest BCUT2D eigenvalue weighted by atomic mass is 16.6. The second-order valence-electron chi connectivity index (χ2n) is 6.83. The number of fused-ring (bicyclic) bond motifs is 1. The van der Waals surface area contributed by atoms with Crippen LogP contribution in [0.3, 0.4) is 0 Å². The zero-order valence-electron chi connectivity index (χ0n) is 16.3. The van der Waals surface area contributed by atoms with Gasteiger partial charge < -0.3 is 9.26 Å². The lowest BCUT2D eigenvalue weighted by molar-refractivity contribution is 0.0429. The smallest absolute Gasteiger partial charge is 0.338 e. The van der Waals surface area contributed by atoms with E-state index in [-0.39, 0.29) is 35.4 Å². The van der Waals surface area contributed by atoms with E-state index >= 15 is 0 Å². The van der Waals surface area contributed by atoms with Crippen LogP contribution in [0.5, 0.6) is 0 Å². The van der Waals surface area contributed by atoms with Crippen molar-refractivity contribution in [3.63, 3.8) is 0 Å². The van der Waals surface area contributed by atoms with Crippen LogP contribution in [0, 0.1) is 0 Å². The molecular formula is C22H19N3O5. The van der Waals surface area contributed by atoms with Gasteiger partial charge in [0, 0.05) is 12.1 Å². The van der Waals surface area contributed by atoms with E-state index in [1.807, 2.05) is 37.3 Å². The molecular weight excluding hydrogens is 386 g/mol. The van der Waals surface area contributed by atoms with Crippen molar-refractivity contribution in [3.8, 4) is 11.4 Å². The monoisotopic (exact) mass is 405 g/mol. The molecule has 30 heavy (non-hydrogen) atoms. The third-order valence-electron chi connectivity index (χ3n) is 4.77. The highest BCUT2D eigenvalue weighted by Gasteiger charge is 2.35. The molecule has 1 aliphatic rings. The Bertz CT molecular complexity index is 1110. The average molecular weight is 405 g/mol. The molecule has 1 aromatic heterocycles. The number of hydrogen-bond donors (Lipinski definition) is 0. The van der Waals surface area contributed by atoms with Crippen molar-refractivity contribution in [2.45, 2.75) is 26.4 Å². The molecule has 4 rings (SSSR count). The van der Waals surface area contributed by atoms with E-state index in [4.69, 9.17) is 9.26 Å². The summed E-state index contributed by atoms with van der Waals surface area (Å²) in [4.78, 5) is 42.7. The van der Waals surface area contributed by atoms with Gasteiger partial charge in [-0.2, -0.15) is 4.98 Å². The second-order valence-corrected chi connectivity index (χ2v) is 6.83. The lowest BCUT2D eigenvalue weighted by Gasteiger charge is -2.12. The number of carbonyl (C=O) groups is 3. The van der Waals surface area contributed by atoms with Gasteiger partial charge in [0.2, 0.25) is 5.82 Å². The minimum atomic E-state index is -0.649. The molecule has 0 bridgehead atoms. The zero-order chi connectivity index (χ0) is 21.1. The first-order valence-electron chi connectivity index (χ1n) is 9.64. The van der Waals surface area contributed by atoms with Crippen LogP contribution < -0.4 is 0 Å². The van der Waals surface area contributed by atoms with E-state index in [0.29, 0.717) is 17.9 Å². The molecule has 0 saturated heterocycles. The number of aromatic nitrogens is 2. The molecule has 2 amide bonds. The van der Waals surface area contributed by atoms with E-state index in [2.05, 4.69) is 10.1 Å². The number of unbranched alkanes of at least 4 members (excludes halogenated alkanes) is 1. The lowest BCUT2D eigenvalue weighted by atomic mass is 10.1. The van der Waals surface area contributed by atoms with E-state index in [1.54, 1.807) is 0 Å². The molecule has 1 aliphatic heterocycles. The Kier molecular flexibility index (Phi) is 5.38. The van der Waals surface area contributed by atoms with Gasteiger partial charge in [-0.25, -0.2) is 4.79 Å². The summed E-state index contributed by atoms with van der Waals surface area (Å²) in [5, 5.41) is 3.87. The summed E-state index contributed by atoms with van der Waals surface area (Å²) in [6.45, 7) is 2.15. The van der Waals surface area contributed by atoms with Crippen LogP contribution >= 0.6 is 0 Å². The summed E-state index contributed by atoms with van der Waals surface area (Å²) < 4.78 is 10.4. The van der Waals surface area contributed by atoms with E-state index in [0.717, 1.165) is 18.4 Å². The highest BCUT2D eigenvalue weighted by molar-refractivity contribution is 6.21. The van der Waals surface area contributed by atoms with Crippen LogP contribution in [0.15, 0.2) is 53.1 Å². The molecule has 0 saturated carbocycles. The third kappa shape index (κ3) is 3.71. The molecule has 8 nitrogen and oxygen atoms in total. The maximum absolute atomic E-state index is 12.5. The second kappa shape index (κ2) is 8.28. The van der Waals surface area contributed by atoms with Gasteiger partial charge >= 0.3 is 5.97 Å². The predicted molar refractivity (Wildman–Crippen MR) is 106 cm³/mol. The number of amides is 2. The van der Waals surface area contributed by atoms with Crippen LogP contribution in [-0.2, 0) is 11.3 Å². The number of carbonyl (C=O) groups excluding carboxylic acids is 3. The number of esters is 1. The number of rotatable bonds is 7. The molecule has 0 atom stereocenters. The number of hydrogen-bond acceptors (Lipinski definition) is 7. The first-order valence-corrected chi connectivity index (χ1v) is 9.64. The van der Waals surface area contributed by atoms with Gasteiger partial charge in [-0.05, 0) is 24.6 Å².